The normalized spacial score (nSPS) is 18.9. The molecule has 0 aromatic heterocycles. The first-order valence-corrected chi connectivity index (χ1v) is 7.62. The van der Waals surface area contributed by atoms with Crippen molar-refractivity contribution in [1.82, 2.24) is 5.32 Å². The van der Waals surface area contributed by atoms with Crippen molar-refractivity contribution in [3.05, 3.63) is 39.9 Å². The van der Waals surface area contributed by atoms with E-state index in [1.807, 2.05) is 6.07 Å². The highest BCUT2D eigenvalue weighted by Gasteiger charge is 2.24. The van der Waals surface area contributed by atoms with Crippen LogP contribution >= 0.6 is 0 Å². The van der Waals surface area contributed by atoms with Crippen LogP contribution in [0.15, 0.2) is 24.3 Å². The van der Waals surface area contributed by atoms with Gasteiger partial charge in [0.15, 0.2) is 0 Å². The second-order valence-electron chi connectivity index (χ2n) is 5.81. The Kier molecular flexibility index (Phi) is 5.12. The van der Waals surface area contributed by atoms with Crippen molar-refractivity contribution >= 4 is 5.69 Å². The highest BCUT2D eigenvalue weighted by atomic mass is 16.6. The monoisotopic (exact) mass is 276 g/mol. The average molecular weight is 276 g/mol. The summed E-state index contributed by atoms with van der Waals surface area (Å²) in [5.41, 5.74) is 1.20. The number of hydrogen-bond acceptors (Lipinski definition) is 3. The summed E-state index contributed by atoms with van der Waals surface area (Å²) in [6, 6.07) is 7.68. The third kappa shape index (κ3) is 3.57. The standard InChI is InChI=1S/C16H24N2O2/c1-3-16(17-12(2)13-7-4-5-8-13)14-9-6-10-15(11-14)18(19)20/h6,9-13,16-17H,3-5,7-8H2,1-2H3. The van der Waals surface area contributed by atoms with E-state index in [0.717, 1.165) is 17.9 Å². The number of non-ortho nitro benzene ring substituents is 1. The molecular weight excluding hydrogens is 252 g/mol. The summed E-state index contributed by atoms with van der Waals surface area (Å²) in [5, 5.41) is 14.5. The predicted molar refractivity (Wildman–Crippen MR) is 80.7 cm³/mol. The van der Waals surface area contributed by atoms with Gasteiger partial charge in [-0.25, -0.2) is 0 Å². The Balaban J connectivity index is 2.07. The molecule has 2 rings (SSSR count). The van der Waals surface area contributed by atoms with Gasteiger partial charge in [-0.05, 0) is 37.7 Å². The quantitative estimate of drug-likeness (QED) is 0.625. The molecule has 0 amide bonds. The van der Waals surface area contributed by atoms with Crippen LogP contribution in [-0.4, -0.2) is 11.0 Å². The molecule has 2 unspecified atom stereocenters. The van der Waals surface area contributed by atoms with Gasteiger partial charge in [0.05, 0.1) is 4.92 Å². The number of nitrogens with zero attached hydrogens (tertiary/aromatic N) is 1. The fraction of sp³-hybridized carbons (Fsp3) is 0.625. The maximum atomic E-state index is 10.9. The molecule has 1 N–H and O–H groups in total. The molecule has 1 saturated carbocycles. The van der Waals surface area contributed by atoms with Gasteiger partial charge in [-0.1, -0.05) is 31.9 Å². The number of rotatable bonds is 6. The molecule has 0 radical (unpaired) electrons. The van der Waals surface area contributed by atoms with E-state index in [0.29, 0.717) is 6.04 Å². The van der Waals surface area contributed by atoms with Gasteiger partial charge in [0.25, 0.3) is 5.69 Å². The van der Waals surface area contributed by atoms with Crippen LogP contribution in [0.1, 0.15) is 57.6 Å². The molecule has 0 spiro atoms. The molecule has 1 fully saturated rings. The first kappa shape index (κ1) is 15.0. The molecule has 1 aliphatic carbocycles. The zero-order valence-electron chi connectivity index (χ0n) is 12.3. The lowest BCUT2D eigenvalue weighted by Gasteiger charge is -2.26. The van der Waals surface area contributed by atoms with Crippen molar-refractivity contribution in [3.8, 4) is 0 Å². The number of hydrogen-bond donors (Lipinski definition) is 1. The molecule has 4 nitrogen and oxygen atoms in total. The SMILES string of the molecule is CCC(NC(C)C1CCCC1)c1cccc([N+](=O)[O-])c1. The van der Waals surface area contributed by atoms with Gasteiger partial charge in [0.2, 0.25) is 0 Å². The highest BCUT2D eigenvalue weighted by molar-refractivity contribution is 5.35. The molecule has 0 saturated heterocycles. The topological polar surface area (TPSA) is 55.2 Å². The average Bonchev–Trinajstić information content (AvgIpc) is 2.99. The summed E-state index contributed by atoms with van der Waals surface area (Å²) in [5.74, 6) is 0.753. The number of nitro benzene ring substituents is 1. The van der Waals surface area contributed by atoms with E-state index in [-0.39, 0.29) is 16.7 Å². The zero-order chi connectivity index (χ0) is 14.5. The Morgan fingerprint density at radius 1 is 1.40 bits per heavy atom. The van der Waals surface area contributed by atoms with Crippen LogP contribution in [0.4, 0.5) is 5.69 Å². The Morgan fingerprint density at radius 2 is 2.10 bits per heavy atom. The molecule has 1 aromatic carbocycles. The van der Waals surface area contributed by atoms with Gasteiger partial charge in [-0.2, -0.15) is 0 Å². The highest BCUT2D eigenvalue weighted by Crippen LogP contribution is 2.30. The van der Waals surface area contributed by atoms with Crippen molar-refractivity contribution in [2.24, 2.45) is 5.92 Å². The molecular formula is C16H24N2O2. The van der Waals surface area contributed by atoms with E-state index in [9.17, 15) is 10.1 Å². The van der Waals surface area contributed by atoms with Crippen LogP contribution in [0.3, 0.4) is 0 Å². The van der Waals surface area contributed by atoms with Gasteiger partial charge >= 0.3 is 0 Å². The molecule has 4 heteroatoms. The van der Waals surface area contributed by atoms with Crippen LogP contribution in [0, 0.1) is 16.0 Å². The summed E-state index contributed by atoms with van der Waals surface area (Å²) in [6.45, 7) is 4.37. The minimum Gasteiger partial charge on any atom is -0.307 e. The Bertz CT molecular complexity index is 456. The number of nitrogens with one attached hydrogen (secondary N) is 1. The summed E-state index contributed by atoms with van der Waals surface area (Å²) in [4.78, 5) is 10.6. The van der Waals surface area contributed by atoms with Crippen LogP contribution in [-0.2, 0) is 0 Å². The molecule has 20 heavy (non-hydrogen) atoms. The summed E-state index contributed by atoms with van der Waals surface area (Å²) < 4.78 is 0. The molecule has 2 atom stereocenters. The lowest BCUT2D eigenvalue weighted by molar-refractivity contribution is -0.384. The number of nitro groups is 1. The van der Waals surface area contributed by atoms with Crippen LogP contribution in [0.5, 0.6) is 0 Å². The largest absolute Gasteiger partial charge is 0.307 e. The third-order valence-corrected chi connectivity index (χ3v) is 4.46. The first-order chi connectivity index (χ1) is 9.61. The Labute approximate surface area is 120 Å². The third-order valence-electron chi connectivity index (χ3n) is 4.46. The predicted octanol–water partition coefficient (Wildman–Crippen LogP) is 4.21. The summed E-state index contributed by atoms with van der Waals surface area (Å²) >= 11 is 0. The van der Waals surface area contributed by atoms with E-state index in [1.165, 1.54) is 25.7 Å². The van der Waals surface area contributed by atoms with Crippen molar-refractivity contribution in [3.63, 3.8) is 0 Å². The van der Waals surface area contributed by atoms with Crippen LogP contribution < -0.4 is 5.32 Å². The van der Waals surface area contributed by atoms with E-state index in [4.69, 9.17) is 0 Å². The molecule has 110 valence electrons. The fourth-order valence-corrected chi connectivity index (χ4v) is 3.22. The first-order valence-electron chi connectivity index (χ1n) is 7.62. The Hall–Kier alpha value is -1.42. The van der Waals surface area contributed by atoms with Crippen molar-refractivity contribution in [2.45, 2.75) is 58.0 Å². The van der Waals surface area contributed by atoms with E-state index in [1.54, 1.807) is 18.2 Å². The second-order valence-corrected chi connectivity index (χ2v) is 5.81. The number of benzene rings is 1. The molecule has 0 bridgehead atoms. The van der Waals surface area contributed by atoms with E-state index in [2.05, 4.69) is 19.2 Å². The molecule has 0 heterocycles. The van der Waals surface area contributed by atoms with Crippen LogP contribution in [0.2, 0.25) is 0 Å². The zero-order valence-corrected chi connectivity index (χ0v) is 12.3. The van der Waals surface area contributed by atoms with Gasteiger partial charge < -0.3 is 5.32 Å². The van der Waals surface area contributed by atoms with Crippen molar-refractivity contribution in [2.75, 3.05) is 0 Å². The van der Waals surface area contributed by atoms with Gasteiger partial charge in [-0.15, -0.1) is 0 Å². The smallest absolute Gasteiger partial charge is 0.269 e. The maximum absolute atomic E-state index is 10.9. The second kappa shape index (κ2) is 6.84. The molecule has 1 aromatic rings. The Morgan fingerprint density at radius 3 is 2.70 bits per heavy atom. The lowest BCUT2D eigenvalue weighted by atomic mass is 9.96. The van der Waals surface area contributed by atoms with Gasteiger partial charge in [-0.3, -0.25) is 10.1 Å². The van der Waals surface area contributed by atoms with Gasteiger partial charge in [0.1, 0.15) is 0 Å². The molecule has 1 aliphatic rings. The summed E-state index contributed by atoms with van der Waals surface area (Å²) in [7, 11) is 0. The van der Waals surface area contributed by atoms with Gasteiger partial charge in [0, 0.05) is 24.2 Å². The molecule has 0 aliphatic heterocycles. The maximum Gasteiger partial charge on any atom is 0.269 e. The van der Waals surface area contributed by atoms with Crippen LogP contribution in [0.25, 0.3) is 0 Å². The van der Waals surface area contributed by atoms with Crippen molar-refractivity contribution in [1.29, 1.82) is 0 Å². The lowest BCUT2D eigenvalue weighted by Crippen LogP contribution is -2.35. The van der Waals surface area contributed by atoms with E-state index < -0.39 is 0 Å². The minimum absolute atomic E-state index is 0.177. The van der Waals surface area contributed by atoms with E-state index >= 15 is 0 Å². The fourth-order valence-electron chi connectivity index (χ4n) is 3.22. The summed E-state index contributed by atoms with van der Waals surface area (Å²) in [6.07, 6.45) is 6.23. The minimum atomic E-state index is -0.323. The van der Waals surface area contributed by atoms with Crippen molar-refractivity contribution < 1.29 is 4.92 Å².